The van der Waals surface area contributed by atoms with Gasteiger partial charge in [-0.2, -0.15) is 0 Å². The molecule has 5 atom stereocenters. The Labute approximate surface area is 161 Å². The zero-order chi connectivity index (χ0) is 18.4. The minimum Gasteiger partial charge on any atom is -0.388 e. The van der Waals surface area contributed by atoms with E-state index in [9.17, 15) is 10.2 Å². The van der Waals surface area contributed by atoms with Gasteiger partial charge in [0.05, 0.1) is 19.3 Å². The van der Waals surface area contributed by atoms with Gasteiger partial charge < -0.3 is 24.4 Å². The average molecular weight is 423 g/mol. The minimum atomic E-state index is -1.18. The second-order valence-corrected chi connectivity index (χ2v) is 6.88. The van der Waals surface area contributed by atoms with Crippen molar-refractivity contribution in [1.82, 2.24) is 0 Å². The van der Waals surface area contributed by atoms with Gasteiger partial charge in [0.2, 0.25) is 0 Å². The van der Waals surface area contributed by atoms with Crippen LogP contribution in [0.15, 0.2) is 60.7 Å². The Morgan fingerprint density at radius 3 is 1.81 bits per heavy atom. The molecule has 0 radical (unpaired) electrons. The summed E-state index contributed by atoms with van der Waals surface area (Å²) in [5, 5.41) is 21.4. The van der Waals surface area contributed by atoms with Gasteiger partial charge >= 0.3 is 0 Å². The van der Waals surface area contributed by atoms with Crippen LogP contribution in [0.2, 0.25) is 0 Å². The lowest BCUT2D eigenvalue weighted by atomic mass is 9.99. The average Bonchev–Trinajstić information content (AvgIpc) is 2.69. The van der Waals surface area contributed by atoms with Crippen LogP contribution < -0.4 is 0 Å². The van der Waals surface area contributed by atoms with Gasteiger partial charge in [0.1, 0.15) is 18.3 Å². The van der Waals surface area contributed by atoms with Crippen LogP contribution in [0.3, 0.4) is 0 Å². The van der Waals surface area contributed by atoms with Gasteiger partial charge in [0.15, 0.2) is 6.29 Å². The van der Waals surface area contributed by atoms with Crippen LogP contribution in [0.4, 0.5) is 0 Å². The predicted octanol–water partition coefficient (Wildman–Crippen LogP) is 2.63. The van der Waals surface area contributed by atoms with Crippen LogP contribution in [0.5, 0.6) is 0 Å². The molecule has 0 bridgehead atoms. The molecule has 26 heavy (non-hydrogen) atoms. The quantitative estimate of drug-likeness (QED) is 0.671. The van der Waals surface area contributed by atoms with Crippen molar-refractivity contribution < 1.29 is 24.4 Å². The van der Waals surface area contributed by atoms with Crippen molar-refractivity contribution in [2.24, 2.45) is 0 Å². The van der Waals surface area contributed by atoms with Crippen molar-refractivity contribution in [2.75, 3.05) is 5.33 Å². The number of halogens is 1. The van der Waals surface area contributed by atoms with Gasteiger partial charge in [-0.15, -0.1) is 0 Å². The number of hydrogen-bond acceptors (Lipinski definition) is 5. The molecule has 0 saturated carbocycles. The number of rotatable bonds is 7. The lowest BCUT2D eigenvalue weighted by molar-refractivity contribution is -0.298. The normalized spacial score (nSPS) is 28.8. The second kappa shape index (κ2) is 9.60. The third-order valence-corrected chi connectivity index (χ3v) is 5.00. The van der Waals surface area contributed by atoms with Crippen molar-refractivity contribution in [2.45, 2.75) is 43.9 Å². The number of benzene rings is 2. The Kier molecular flexibility index (Phi) is 7.19. The monoisotopic (exact) mass is 422 g/mol. The molecule has 1 saturated heterocycles. The summed E-state index contributed by atoms with van der Waals surface area (Å²) in [5.74, 6) is 0. The van der Waals surface area contributed by atoms with E-state index in [2.05, 4.69) is 15.9 Å². The Morgan fingerprint density at radius 1 is 0.808 bits per heavy atom. The summed E-state index contributed by atoms with van der Waals surface area (Å²) in [5.41, 5.74) is 1.96. The van der Waals surface area contributed by atoms with Gasteiger partial charge in [-0.25, -0.2) is 0 Å². The zero-order valence-electron chi connectivity index (χ0n) is 14.3. The van der Waals surface area contributed by atoms with Crippen LogP contribution in [0.1, 0.15) is 11.1 Å². The summed E-state index contributed by atoms with van der Waals surface area (Å²) in [4.78, 5) is 0. The highest BCUT2D eigenvalue weighted by Gasteiger charge is 2.45. The summed E-state index contributed by atoms with van der Waals surface area (Å²) in [6.45, 7) is 0.609. The first-order valence-electron chi connectivity index (χ1n) is 8.57. The van der Waals surface area contributed by atoms with E-state index in [1.165, 1.54) is 0 Å². The molecule has 0 spiro atoms. The predicted molar refractivity (Wildman–Crippen MR) is 101 cm³/mol. The van der Waals surface area contributed by atoms with Gasteiger partial charge in [0, 0.05) is 5.33 Å². The van der Waals surface area contributed by atoms with Gasteiger partial charge in [0.25, 0.3) is 0 Å². The van der Waals surface area contributed by atoms with Crippen LogP contribution in [-0.4, -0.2) is 46.2 Å². The van der Waals surface area contributed by atoms with Crippen molar-refractivity contribution in [1.29, 1.82) is 0 Å². The fraction of sp³-hybridized carbons (Fsp3) is 0.400. The maximum atomic E-state index is 10.6. The van der Waals surface area contributed by atoms with Crippen LogP contribution in [0.25, 0.3) is 0 Å². The molecule has 1 aliphatic rings. The van der Waals surface area contributed by atoms with Crippen molar-refractivity contribution in [3.63, 3.8) is 0 Å². The maximum Gasteiger partial charge on any atom is 0.184 e. The Morgan fingerprint density at radius 2 is 1.31 bits per heavy atom. The molecule has 0 unspecified atom stereocenters. The Bertz CT molecular complexity index is 654. The first-order valence-corrected chi connectivity index (χ1v) is 9.70. The summed E-state index contributed by atoms with van der Waals surface area (Å²) in [7, 11) is 0. The van der Waals surface area contributed by atoms with Gasteiger partial charge in [-0.1, -0.05) is 76.6 Å². The summed E-state index contributed by atoms with van der Waals surface area (Å²) in [6.07, 6.45) is -4.15. The molecule has 2 aromatic carbocycles. The van der Waals surface area contributed by atoms with Crippen LogP contribution in [-0.2, 0) is 27.4 Å². The summed E-state index contributed by atoms with van der Waals surface area (Å²) >= 11 is 3.31. The molecule has 0 amide bonds. The van der Waals surface area contributed by atoms with Crippen molar-refractivity contribution in [3.8, 4) is 0 Å². The number of hydrogen-bond donors (Lipinski definition) is 2. The standard InChI is InChI=1S/C20H23BrO5/c21-11-16-17(22)18(24-12-14-7-3-1-4-8-14)19(20(23)26-16)25-13-15-9-5-2-6-10-15/h1-10,16-20,22-23H,11-13H2/t16-,17+,18+,19-,20+/m1/s1. The van der Waals surface area contributed by atoms with E-state index in [1.807, 2.05) is 60.7 Å². The highest BCUT2D eigenvalue weighted by atomic mass is 79.9. The van der Waals surface area contributed by atoms with Crippen LogP contribution in [0, 0.1) is 0 Å². The molecule has 2 N–H and O–H groups in total. The minimum absolute atomic E-state index is 0.294. The molecule has 2 aromatic rings. The molecular weight excluding hydrogens is 400 g/mol. The summed E-state index contributed by atoms with van der Waals surface area (Å²) < 4.78 is 17.3. The lowest BCUT2D eigenvalue weighted by Crippen LogP contribution is -2.59. The van der Waals surface area contributed by atoms with E-state index >= 15 is 0 Å². The first kappa shape index (κ1) is 19.5. The van der Waals surface area contributed by atoms with Crippen LogP contribution >= 0.6 is 15.9 Å². The Hall–Kier alpha value is -1.28. The third-order valence-electron chi connectivity index (χ3n) is 4.36. The van der Waals surface area contributed by atoms with E-state index in [-0.39, 0.29) is 0 Å². The fourth-order valence-electron chi connectivity index (χ4n) is 2.94. The molecule has 1 heterocycles. The van der Waals surface area contributed by atoms with Crippen molar-refractivity contribution >= 4 is 15.9 Å². The highest BCUT2D eigenvalue weighted by Crippen LogP contribution is 2.27. The molecule has 140 valence electrons. The molecule has 1 aliphatic heterocycles. The molecule has 1 fully saturated rings. The lowest BCUT2D eigenvalue weighted by Gasteiger charge is -2.42. The number of aliphatic hydroxyl groups is 2. The molecular formula is C20H23BrO5. The van der Waals surface area contributed by atoms with E-state index in [0.717, 1.165) is 11.1 Å². The van der Waals surface area contributed by atoms with Gasteiger partial charge in [-0.3, -0.25) is 0 Å². The van der Waals surface area contributed by atoms with E-state index < -0.39 is 30.7 Å². The van der Waals surface area contributed by atoms with E-state index in [1.54, 1.807) is 0 Å². The molecule has 0 aromatic heterocycles. The number of alkyl halides is 1. The SMILES string of the molecule is O[C@@H]1[C@H](OCc2ccccc2)[C@@H](OCc2ccccc2)[C@@H](O)O[C@@H]1CBr. The molecule has 6 heteroatoms. The van der Waals surface area contributed by atoms with E-state index in [4.69, 9.17) is 14.2 Å². The molecule has 3 rings (SSSR count). The Balaban J connectivity index is 1.69. The maximum absolute atomic E-state index is 10.6. The van der Waals surface area contributed by atoms with Crippen molar-refractivity contribution in [3.05, 3.63) is 71.8 Å². The van der Waals surface area contributed by atoms with E-state index in [0.29, 0.717) is 18.5 Å². The fourth-order valence-corrected chi connectivity index (χ4v) is 3.47. The molecule has 5 nitrogen and oxygen atoms in total. The number of ether oxygens (including phenoxy) is 3. The zero-order valence-corrected chi connectivity index (χ0v) is 15.9. The topological polar surface area (TPSA) is 68.2 Å². The largest absolute Gasteiger partial charge is 0.388 e. The molecule has 0 aliphatic carbocycles. The summed E-state index contributed by atoms with van der Waals surface area (Å²) in [6, 6.07) is 19.3. The first-order chi connectivity index (χ1) is 12.7. The third kappa shape index (κ3) is 4.91. The second-order valence-electron chi connectivity index (χ2n) is 6.23. The number of aliphatic hydroxyl groups excluding tert-OH is 2. The van der Waals surface area contributed by atoms with Gasteiger partial charge in [-0.05, 0) is 11.1 Å². The smallest absolute Gasteiger partial charge is 0.184 e. The highest BCUT2D eigenvalue weighted by molar-refractivity contribution is 9.09.